The Morgan fingerprint density at radius 1 is 1.31 bits per heavy atom. The second kappa shape index (κ2) is 4.99. The van der Waals surface area contributed by atoms with Crippen LogP contribution >= 0.6 is 0 Å². The average molecular weight is 180 g/mol. The zero-order valence-electron chi connectivity index (χ0n) is 8.38. The number of hydrogen-bond acceptors (Lipinski definition) is 0. The number of allylic oxidation sites excluding steroid dienone is 1. The molecule has 0 saturated heterocycles. The molecule has 0 N–H and O–H groups in total. The maximum Gasteiger partial charge on any atom is 1.00 e. The summed E-state index contributed by atoms with van der Waals surface area (Å²) in [5.74, 6) is 0.561. The predicted molar refractivity (Wildman–Crippen MR) is 51.8 cm³/mol. The third-order valence-electron chi connectivity index (χ3n) is 2.39. The normalized spacial score (nSPS) is 18.1. The Balaban J connectivity index is 0.000000845. The maximum absolute atomic E-state index is 3.40. The molecule has 62 valence electrons. The Kier molecular flexibility index (Phi) is 4.24. The first-order valence-electron chi connectivity index (χ1n) is 4.60. The topological polar surface area (TPSA) is 0 Å². The van der Waals surface area contributed by atoms with Gasteiger partial charge in [-0.15, -0.1) is 11.6 Å². The molecule has 1 aliphatic carbocycles. The van der Waals surface area contributed by atoms with Crippen molar-refractivity contribution in [1.82, 2.24) is 0 Å². The van der Waals surface area contributed by atoms with Gasteiger partial charge in [-0.3, -0.25) is 6.08 Å². The Morgan fingerprint density at radius 3 is 2.85 bits per heavy atom. The summed E-state index contributed by atoms with van der Waals surface area (Å²) >= 11 is 0. The van der Waals surface area contributed by atoms with E-state index in [1.54, 1.807) is 0 Å². The molecule has 1 aromatic carbocycles. The fourth-order valence-electron chi connectivity index (χ4n) is 1.77. The van der Waals surface area contributed by atoms with Gasteiger partial charge < -0.3 is 0 Å². The van der Waals surface area contributed by atoms with Crippen LogP contribution in [0, 0.1) is 6.08 Å². The van der Waals surface area contributed by atoms with E-state index < -0.39 is 0 Å². The summed E-state index contributed by atoms with van der Waals surface area (Å²) in [7, 11) is 0. The fourth-order valence-corrected chi connectivity index (χ4v) is 1.77. The summed E-state index contributed by atoms with van der Waals surface area (Å²) in [5.41, 5.74) is 2.82. The van der Waals surface area contributed by atoms with E-state index in [-0.39, 0.29) is 29.6 Å². The molecule has 0 nitrogen and oxygen atoms in total. The molecule has 1 unspecified atom stereocenters. The summed E-state index contributed by atoms with van der Waals surface area (Å²) in [4.78, 5) is 0. The zero-order valence-corrected chi connectivity index (χ0v) is 10.4. The SMILES string of the molecule is CCCC1[C-]=Cc2ccccc21.[Na+]. The molecule has 1 atom stereocenters. The first-order chi connectivity index (χ1) is 5.92. The molecule has 0 bridgehead atoms. The van der Waals surface area contributed by atoms with E-state index in [0.717, 1.165) is 0 Å². The summed E-state index contributed by atoms with van der Waals surface area (Å²) < 4.78 is 0. The number of hydrogen-bond donors (Lipinski definition) is 0. The van der Waals surface area contributed by atoms with E-state index >= 15 is 0 Å². The van der Waals surface area contributed by atoms with Crippen molar-refractivity contribution in [2.45, 2.75) is 25.7 Å². The molecule has 0 fully saturated rings. The summed E-state index contributed by atoms with van der Waals surface area (Å²) in [5, 5.41) is 0. The van der Waals surface area contributed by atoms with Gasteiger partial charge in [0.2, 0.25) is 0 Å². The van der Waals surface area contributed by atoms with Gasteiger partial charge in [0.15, 0.2) is 0 Å². The van der Waals surface area contributed by atoms with Crippen LogP contribution in [0.2, 0.25) is 0 Å². The minimum Gasteiger partial charge on any atom is -0.268 e. The Morgan fingerprint density at radius 2 is 2.08 bits per heavy atom. The van der Waals surface area contributed by atoms with Crippen LogP contribution in [0.25, 0.3) is 6.08 Å². The number of rotatable bonds is 2. The van der Waals surface area contributed by atoms with Crippen molar-refractivity contribution in [1.29, 1.82) is 0 Å². The molecule has 13 heavy (non-hydrogen) atoms. The van der Waals surface area contributed by atoms with Crippen LogP contribution in [-0.2, 0) is 0 Å². The molecule has 0 aromatic heterocycles. The largest absolute Gasteiger partial charge is 1.00 e. The summed E-state index contributed by atoms with van der Waals surface area (Å²) in [6.07, 6.45) is 7.98. The molecular formula is C12H13Na. The van der Waals surface area contributed by atoms with Crippen molar-refractivity contribution >= 4 is 6.08 Å². The van der Waals surface area contributed by atoms with Gasteiger partial charge in [-0.1, -0.05) is 43.9 Å². The zero-order chi connectivity index (χ0) is 8.39. The molecule has 1 aromatic rings. The van der Waals surface area contributed by atoms with Crippen LogP contribution < -0.4 is 29.6 Å². The second-order valence-corrected chi connectivity index (χ2v) is 3.28. The van der Waals surface area contributed by atoms with E-state index in [9.17, 15) is 0 Å². The molecule has 0 heterocycles. The van der Waals surface area contributed by atoms with Gasteiger partial charge in [0.25, 0.3) is 0 Å². The molecule has 0 spiro atoms. The molecule has 2 rings (SSSR count). The van der Waals surface area contributed by atoms with Gasteiger partial charge in [-0.25, -0.2) is 6.08 Å². The van der Waals surface area contributed by atoms with Crippen molar-refractivity contribution in [3.05, 3.63) is 41.5 Å². The van der Waals surface area contributed by atoms with E-state index in [1.807, 2.05) is 0 Å². The molecule has 0 radical (unpaired) electrons. The van der Waals surface area contributed by atoms with Gasteiger partial charge >= 0.3 is 29.6 Å². The average Bonchev–Trinajstić information content (AvgIpc) is 2.50. The summed E-state index contributed by atoms with van der Waals surface area (Å²) in [6.45, 7) is 2.22. The van der Waals surface area contributed by atoms with Crippen LogP contribution in [0.3, 0.4) is 0 Å². The Bertz CT molecular complexity index is 302. The third-order valence-corrected chi connectivity index (χ3v) is 2.39. The van der Waals surface area contributed by atoms with E-state index in [0.29, 0.717) is 5.92 Å². The fraction of sp³-hybridized carbons (Fsp3) is 0.333. The van der Waals surface area contributed by atoms with E-state index in [1.165, 1.54) is 24.0 Å². The Labute approximate surface area is 102 Å². The quantitative estimate of drug-likeness (QED) is 0.456. The van der Waals surface area contributed by atoms with Crippen LogP contribution in [0.15, 0.2) is 24.3 Å². The first-order valence-corrected chi connectivity index (χ1v) is 4.60. The summed E-state index contributed by atoms with van der Waals surface area (Å²) in [6, 6.07) is 8.58. The van der Waals surface area contributed by atoms with Crippen LogP contribution in [0.1, 0.15) is 36.8 Å². The molecule has 0 amide bonds. The number of fused-ring (bicyclic) bond motifs is 1. The van der Waals surface area contributed by atoms with Crippen molar-refractivity contribution in [3.8, 4) is 0 Å². The van der Waals surface area contributed by atoms with Crippen LogP contribution in [-0.4, -0.2) is 0 Å². The van der Waals surface area contributed by atoms with Crippen molar-refractivity contribution in [2.24, 2.45) is 0 Å². The molecule has 1 heteroatoms. The maximum atomic E-state index is 3.40. The van der Waals surface area contributed by atoms with Gasteiger partial charge in [0.1, 0.15) is 0 Å². The molecule has 0 aliphatic heterocycles. The van der Waals surface area contributed by atoms with E-state index in [2.05, 4.69) is 43.3 Å². The molecular weight excluding hydrogens is 167 g/mol. The number of benzene rings is 1. The van der Waals surface area contributed by atoms with Gasteiger partial charge in [0.05, 0.1) is 0 Å². The van der Waals surface area contributed by atoms with Crippen molar-refractivity contribution in [3.63, 3.8) is 0 Å². The van der Waals surface area contributed by atoms with Gasteiger partial charge in [-0.2, -0.15) is 5.56 Å². The van der Waals surface area contributed by atoms with Crippen molar-refractivity contribution < 1.29 is 29.6 Å². The van der Waals surface area contributed by atoms with E-state index in [4.69, 9.17) is 0 Å². The van der Waals surface area contributed by atoms with Gasteiger partial charge in [0, 0.05) is 0 Å². The second-order valence-electron chi connectivity index (χ2n) is 3.28. The molecule has 1 aliphatic rings. The minimum atomic E-state index is 0. The smallest absolute Gasteiger partial charge is 0.268 e. The molecule has 0 saturated carbocycles. The van der Waals surface area contributed by atoms with Gasteiger partial charge in [-0.05, 0) is 0 Å². The first kappa shape index (κ1) is 11.0. The minimum absolute atomic E-state index is 0. The standard InChI is InChI=1S/C12H13.Na/c1-2-5-10-8-9-11-6-3-4-7-12(10)11;/h3-4,6-7,9-10H,2,5H2,1H3;/q-1;+1. The monoisotopic (exact) mass is 180 g/mol. The predicted octanol–water partition coefficient (Wildman–Crippen LogP) is 0.404. The third kappa shape index (κ3) is 2.25. The van der Waals surface area contributed by atoms with Crippen LogP contribution in [0.4, 0.5) is 0 Å². The van der Waals surface area contributed by atoms with Crippen molar-refractivity contribution in [2.75, 3.05) is 0 Å². The van der Waals surface area contributed by atoms with Crippen LogP contribution in [0.5, 0.6) is 0 Å². The Hall–Kier alpha value is -0.0400.